The van der Waals surface area contributed by atoms with Crippen molar-refractivity contribution in [2.24, 2.45) is 5.92 Å². The molecule has 1 aromatic carbocycles. The van der Waals surface area contributed by atoms with Crippen LogP contribution in [-0.2, 0) is 0 Å². The van der Waals surface area contributed by atoms with Crippen molar-refractivity contribution in [3.8, 4) is 11.5 Å². The van der Waals surface area contributed by atoms with E-state index in [1.54, 1.807) is 18.2 Å². The molecule has 1 atom stereocenters. The van der Waals surface area contributed by atoms with Crippen molar-refractivity contribution < 1.29 is 14.6 Å². The molecule has 0 bridgehead atoms. The number of rotatable bonds is 6. The molecule has 106 valence electrons. The molecule has 1 amide bonds. The van der Waals surface area contributed by atoms with Crippen LogP contribution in [0.2, 0.25) is 0 Å². The van der Waals surface area contributed by atoms with Crippen LogP contribution >= 0.6 is 11.6 Å². The number of nitrogens with one attached hydrogen (secondary N) is 1. The summed E-state index contributed by atoms with van der Waals surface area (Å²) in [5, 5.41) is 12.8. The molecule has 1 rings (SSSR count). The van der Waals surface area contributed by atoms with Gasteiger partial charge >= 0.3 is 0 Å². The van der Waals surface area contributed by atoms with Crippen LogP contribution in [0.1, 0.15) is 30.6 Å². The number of hydrogen-bond acceptors (Lipinski definition) is 3. The lowest BCUT2D eigenvalue weighted by Gasteiger charge is -2.21. The normalized spacial score (nSPS) is 12.3. The van der Waals surface area contributed by atoms with Crippen LogP contribution in [0, 0.1) is 5.92 Å². The number of para-hydroxylation sites is 1. The SMILES string of the molecule is COc1cccc(C(=O)NC(CCCl)C(C)C)c1O. The largest absolute Gasteiger partial charge is 0.504 e. The summed E-state index contributed by atoms with van der Waals surface area (Å²) >= 11 is 5.73. The quantitative estimate of drug-likeness (QED) is 0.790. The first-order valence-electron chi connectivity index (χ1n) is 6.24. The number of carbonyl (C=O) groups excluding carboxylic acids is 1. The number of alkyl halides is 1. The van der Waals surface area contributed by atoms with Gasteiger partial charge in [0.2, 0.25) is 0 Å². The van der Waals surface area contributed by atoms with E-state index in [0.717, 1.165) is 0 Å². The number of amides is 1. The molecule has 1 unspecified atom stereocenters. The minimum Gasteiger partial charge on any atom is -0.504 e. The molecule has 0 aliphatic carbocycles. The second-order valence-electron chi connectivity index (χ2n) is 4.66. The molecule has 0 heterocycles. The lowest BCUT2D eigenvalue weighted by Crippen LogP contribution is -2.38. The molecule has 19 heavy (non-hydrogen) atoms. The maximum absolute atomic E-state index is 12.2. The van der Waals surface area contributed by atoms with Gasteiger partial charge in [-0.2, -0.15) is 0 Å². The molecular weight excluding hydrogens is 266 g/mol. The smallest absolute Gasteiger partial charge is 0.255 e. The Balaban J connectivity index is 2.88. The average Bonchev–Trinajstić information content (AvgIpc) is 2.38. The van der Waals surface area contributed by atoms with Crippen molar-refractivity contribution in [3.05, 3.63) is 23.8 Å². The fraction of sp³-hybridized carbons (Fsp3) is 0.500. The van der Waals surface area contributed by atoms with Gasteiger partial charge in [-0.15, -0.1) is 11.6 Å². The number of benzene rings is 1. The van der Waals surface area contributed by atoms with E-state index in [1.165, 1.54) is 7.11 Å². The zero-order valence-electron chi connectivity index (χ0n) is 11.4. The number of methoxy groups -OCH3 is 1. The highest BCUT2D eigenvalue weighted by molar-refractivity contribution is 6.17. The van der Waals surface area contributed by atoms with Gasteiger partial charge in [-0.3, -0.25) is 4.79 Å². The van der Waals surface area contributed by atoms with Crippen molar-refractivity contribution in [1.29, 1.82) is 0 Å². The average molecular weight is 286 g/mol. The zero-order chi connectivity index (χ0) is 14.4. The van der Waals surface area contributed by atoms with Gasteiger partial charge in [-0.1, -0.05) is 19.9 Å². The van der Waals surface area contributed by atoms with Crippen LogP contribution in [0.4, 0.5) is 0 Å². The molecule has 0 aliphatic heterocycles. The van der Waals surface area contributed by atoms with Gasteiger partial charge in [0, 0.05) is 11.9 Å². The van der Waals surface area contributed by atoms with Crippen LogP contribution in [-0.4, -0.2) is 30.0 Å². The number of hydrogen-bond donors (Lipinski definition) is 2. The Kier molecular flexibility index (Phi) is 5.96. The van der Waals surface area contributed by atoms with E-state index < -0.39 is 0 Å². The van der Waals surface area contributed by atoms with Crippen molar-refractivity contribution in [2.75, 3.05) is 13.0 Å². The van der Waals surface area contributed by atoms with Gasteiger partial charge in [0.15, 0.2) is 11.5 Å². The summed E-state index contributed by atoms with van der Waals surface area (Å²) in [5.41, 5.74) is 0.208. The molecule has 0 radical (unpaired) electrons. The third-order valence-electron chi connectivity index (χ3n) is 3.00. The summed E-state index contributed by atoms with van der Waals surface area (Å²) in [6, 6.07) is 4.81. The van der Waals surface area contributed by atoms with Crippen LogP contribution < -0.4 is 10.1 Å². The number of carbonyl (C=O) groups is 1. The van der Waals surface area contributed by atoms with Gasteiger partial charge in [-0.05, 0) is 24.5 Å². The molecule has 0 aliphatic rings. The Morgan fingerprint density at radius 2 is 2.16 bits per heavy atom. The fourth-order valence-corrected chi connectivity index (χ4v) is 2.04. The molecule has 0 saturated carbocycles. The predicted octanol–water partition coefficient (Wildman–Crippen LogP) is 2.78. The minimum atomic E-state index is -0.319. The van der Waals surface area contributed by atoms with E-state index in [4.69, 9.17) is 16.3 Å². The summed E-state index contributed by atoms with van der Waals surface area (Å²) in [6.45, 7) is 4.03. The lowest BCUT2D eigenvalue weighted by molar-refractivity contribution is 0.0921. The lowest BCUT2D eigenvalue weighted by atomic mass is 10.0. The van der Waals surface area contributed by atoms with Crippen molar-refractivity contribution in [3.63, 3.8) is 0 Å². The van der Waals surface area contributed by atoms with Crippen LogP contribution in [0.5, 0.6) is 11.5 Å². The fourth-order valence-electron chi connectivity index (χ4n) is 1.81. The van der Waals surface area contributed by atoms with E-state index in [1.807, 2.05) is 13.8 Å². The van der Waals surface area contributed by atoms with E-state index in [-0.39, 0.29) is 34.9 Å². The Bertz CT molecular complexity index is 435. The van der Waals surface area contributed by atoms with E-state index in [2.05, 4.69) is 5.32 Å². The van der Waals surface area contributed by atoms with Gasteiger partial charge in [0.1, 0.15) is 0 Å². The third kappa shape index (κ3) is 4.03. The molecule has 5 heteroatoms. The topological polar surface area (TPSA) is 58.6 Å². The van der Waals surface area contributed by atoms with Crippen molar-refractivity contribution in [2.45, 2.75) is 26.3 Å². The Hall–Kier alpha value is -1.42. The second kappa shape index (κ2) is 7.24. The van der Waals surface area contributed by atoms with Crippen molar-refractivity contribution in [1.82, 2.24) is 5.32 Å². The highest BCUT2D eigenvalue weighted by atomic mass is 35.5. The van der Waals surface area contributed by atoms with E-state index in [0.29, 0.717) is 12.3 Å². The molecule has 1 aromatic rings. The number of phenolic OH excluding ortho intramolecular Hbond substituents is 1. The van der Waals surface area contributed by atoms with Gasteiger partial charge in [0.25, 0.3) is 5.91 Å². The zero-order valence-corrected chi connectivity index (χ0v) is 12.2. The molecule has 2 N–H and O–H groups in total. The van der Waals surface area contributed by atoms with Gasteiger partial charge in [-0.25, -0.2) is 0 Å². The predicted molar refractivity (Wildman–Crippen MR) is 76.1 cm³/mol. The second-order valence-corrected chi connectivity index (χ2v) is 5.04. The minimum absolute atomic E-state index is 0.0180. The number of aromatic hydroxyl groups is 1. The molecule has 4 nitrogen and oxygen atoms in total. The molecule has 0 spiro atoms. The Morgan fingerprint density at radius 1 is 1.47 bits per heavy atom. The summed E-state index contributed by atoms with van der Waals surface area (Å²) in [4.78, 5) is 12.2. The summed E-state index contributed by atoms with van der Waals surface area (Å²) in [6.07, 6.45) is 0.690. The first-order chi connectivity index (χ1) is 9.01. The monoisotopic (exact) mass is 285 g/mol. The van der Waals surface area contributed by atoms with Crippen LogP contribution in [0.15, 0.2) is 18.2 Å². The Labute approximate surface area is 118 Å². The van der Waals surface area contributed by atoms with Crippen LogP contribution in [0.25, 0.3) is 0 Å². The first-order valence-corrected chi connectivity index (χ1v) is 6.77. The molecule has 0 saturated heterocycles. The summed E-state index contributed by atoms with van der Waals surface area (Å²) < 4.78 is 4.98. The van der Waals surface area contributed by atoms with E-state index >= 15 is 0 Å². The first kappa shape index (κ1) is 15.6. The number of halogens is 1. The van der Waals surface area contributed by atoms with Gasteiger partial charge < -0.3 is 15.2 Å². The maximum Gasteiger partial charge on any atom is 0.255 e. The standard InChI is InChI=1S/C14H20ClNO3/c1-9(2)11(7-8-15)16-14(18)10-5-4-6-12(19-3)13(10)17/h4-6,9,11,17H,7-8H2,1-3H3,(H,16,18). The molecule has 0 fully saturated rings. The summed E-state index contributed by atoms with van der Waals surface area (Å²) in [5.74, 6) is 0.574. The third-order valence-corrected chi connectivity index (χ3v) is 3.22. The highest BCUT2D eigenvalue weighted by Gasteiger charge is 2.20. The van der Waals surface area contributed by atoms with Crippen LogP contribution in [0.3, 0.4) is 0 Å². The number of phenols is 1. The maximum atomic E-state index is 12.2. The van der Waals surface area contributed by atoms with E-state index in [9.17, 15) is 9.90 Å². The highest BCUT2D eigenvalue weighted by Crippen LogP contribution is 2.29. The van der Waals surface area contributed by atoms with Gasteiger partial charge in [0.05, 0.1) is 12.7 Å². The molecular formula is C14H20ClNO3. The summed E-state index contributed by atoms with van der Waals surface area (Å²) in [7, 11) is 1.45. The Morgan fingerprint density at radius 3 is 2.68 bits per heavy atom. The molecule has 0 aromatic heterocycles. The van der Waals surface area contributed by atoms with Crippen molar-refractivity contribution >= 4 is 17.5 Å². The number of ether oxygens (including phenoxy) is 1.